The number of nitrogens with zero attached hydrogens (tertiary/aromatic N) is 3. The average Bonchev–Trinajstić information content (AvgIpc) is 2.54. The van der Waals surface area contributed by atoms with Gasteiger partial charge in [-0.3, -0.25) is 0 Å². The van der Waals surface area contributed by atoms with E-state index in [1.807, 2.05) is 25.3 Å². The van der Waals surface area contributed by atoms with Gasteiger partial charge in [0.1, 0.15) is 11.0 Å². The topological polar surface area (TPSA) is 47.5 Å². The van der Waals surface area contributed by atoms with Crippen LogP contribution in [0, 0.1) is 6.92 Å². The quantitative estimate of drug-likeness (QED) is 0.806. The zero-order valence-corrected chi connectivity index (χ0v) is 14.3. The van der Waals surface area contributed by atoms with E-state index in [0.29, 0.717) is 24.2 Å². The van der Waals surface area contributed by atoms with Crippen molar-refractivity contribution in [2.75, 3.05) is 31.8 Å². The maximum atomic E-state index is 6.26. The summed E-state index contributed by atoms with van der Waals surface area (Å²) in [5.74, 6) is 1.48. The number of halogens is 1. The van der Waals surface area contributed by atoms with Crippen LogP contribution in [0.3, 0.4) is 0 Å². The number of rotatable bonds is 3. The zero-order valence-electron chi connectivity index (χ0n) is 13.5. The zero-order chi connectivity index (χ0) is 16.4. The summed E-state index contributed by atoms with van der Waals surface area (Å²) in [5, 5.41) is 0.478. The molecule has 1 aliphatic heterocycles. The summed E-state index contributed by atoms with van der Waals surface area (Å²) in [7, 11) is 1.61. The van der Waals surface area contributed by atoms with Crippen LogP contribution in [-0.2, 0) is 4.74 Å². The van der Waals surface area contributed by atoms with E-state index in [1.54, 1.807) is 7.11 Å². The van der Waals surface area contributed by atoms with E-state index in [9.17, 15) is 0 Å². The molecule has 5 nitrogen and oxygen atoms in total. The molecule has 0 unspecified atom stereocenters. The summed E-state index contributed by atoms with van der Waals surface area (Å²) in [6.45, 7) is 6.38. The molecule has 3 heterocycles. The molecule has 0 aliphatic carbocycles. The first-order valence-electron chi connectivity index (χ1n) is 7.61. The number of anilines is 1. The van der Waals surface area contributed by atoms with E-state index in [-0.39, 0.29) is 6.04 Å². The molecule has 2 aromatic rings. The lowest BCUT2D eigenvalue weighted by Gasteiger charge is -2.34. The van der Waals surface area contributed by atoms with Crippen LogP contribution >= 0.6 is 11.6 Å². The molecule has 6 heteroatoms. The van der Waals surface area contributed by atoms with Crippen molar-refractivity contribution in [3.8, 4) is 17.0 Å². The highest BCUT2D eigenvalue weighted by Crippen LogP contribution is 2.30. The SMILES string of the molecule is COc1cc(C)c(-c2cc(Cl)nc(N3CCOC[C@H]3C)c2)cn1. The summed E-state index contributed by atoms with van der Waals surface area (Å²) in [5.41, 5.74) is 3.11. The first-order chi connectivity index (χ1) is 11.1. The highest BCUT2D eigenvalue weighted by atomic mass is 35.5. The van der Waals surface area contributed by atoms with Gasteiger partial charge in [-0.1, -0.05) is 11.6 Å². The molecule has 2 aromatic heterocycles. The van der Waals surface area contributed by atoms with Gasteiger partial charge in [0.05, 0.1) is 26.4 Å². The van der Waals surface area contributed by atoms with Crippen LogP contribution in [0.15, 0.2) is 24.4 Å². The lowest BCUT2D eigenvalue weighted by Crippen LogP contribution is -2.44. The van der Waals surface area contributed by atoms with Gasteiger partial charge in [-0.2, -0.15) is 0 Å². The molecule has 1 atom stereocenters. The Morgan fingerprint density at radius 1 is 1.35 bits per heavy atom. The van der Waals surface area contributed by atoms with Crippen molar-refractivity contribution in [3.63, 3.8) is 0 Å². The van der Waals surface area contributed by atoms with E-state index in [2.05, 4.69) is 27.9 Å². The monoisotopic (exact) mass is 333 g/mol. The molecule has 0 radical (unpaired) electrons. The summed E-state index contributed by atoms with van der Waals surface area (Å²) in [6, 6.07) is 6.12. The van der Waals surface area contributed by atoms with Crippen molar-refractivity contribution in [2.45, 2.75) is 19.9 Å². The van der Waals surface area contributed by atoms with Gasteiger partial charge in [0.15, 0.2) is 0 Å². The normalized spacial score (nSPS) is 18.1. The predicted molar refractivity (Wildman–Crippen MR) is 91.4 cm³/mol. The summed E-state index contributed by atoms with van der Waals surface area (Å²) >= 11 is 6.26. The van der Waals surface area contributed by atoms with Gasteiger partial charge in [-0.05, 0) is 37.1 Å². The van der Waals surface area contributed by atoms with Gasteiger partial charge < -0.3 is 14.4 Å². The van der Waals surface area contributed by atoms with E-state index in [1.165, 1.54) is 0 Å². The molecule has 3 rings (SSSR count). The van der Waals surface area contributed by atoms with Crippen molar-refractivity contribution in [1.82, 2.24) is 9.97 Å². The molecule has 23 heavy (non-hydrogen) atoms. The van der Waals surface area contributed by atoms with E-state index in [0.717, 1.165) is 29.1 Å². The highest BCUT2D eigenvalue weighted by Gasteiger charge is 2.21. The predicted octanol–water partition coefficient (Wildman–Crippen LogP) is 3.34. The Bertz CT molecular complexity index is 708. The van der Waals surface area contributed by atoms with E-state index >= 15 is 0 Å². The second-order valence-corrected chi connectivity index (χ2v) is 6.08. The minimum Gasteiger partial charge on any atom is -0.481 e. The number of hydrogen-bond donors (Lipinski definition) is 0. The molecule has 0 bridgehead atoms. The minimum absolute atomic E-state index is 0.276. The molecule has 0 spiro atoms. The van der Waals surface area contributed by atoms with Crippen LogP contribution in [0.5, 0.6) is 5.88 Å². The second-order valence-electron chi connectivity index (χ2n) is 5.70. The first kappa shape index (κ1) is 16.0. The Labute approximate surface area is 141 Å². The molecule has 0 saturated carbocycles. The van der Waals surface area contributed by atoms with Gasteiger partial charge >= 0.3 is 0 Å². The molecular weight excluding hydrogens is 314 g/mol. The molecule has 0 N–H and O–H groups in total. The fourth-order valence-electron chi connectivity index (χ4n) is 2.80. The fourth-order valence-corrected chi connectivity index (χ4v) is 3.00. The van der Waals surface area contributed by atoms with Crippen LogP contribution in [-0.4, -0.2) is 42.9 Å². The van der Waals surface area contributed by atoms with Gasteiger partial charge in [0, 0.05) is 24.4 Å². The molecule has 1 saturated heterocycles. The Balaban J connectivity index is 2.00. The number of aromatic nitrogens is 2. The van der Waals surface area contributed by atoms with Crippen LogP contribution < -0.4 is 9.64 Å². The first-order valence-corrected chi connectivity index (χ1v) is 7.99. The van der Waals surface area contributed by atoms with Crippen LogP contribution in [0.4, 0.5) is 5.82 Å². The van der Waals surface area contributed by atoms with Crippen molar-refractivity contribution in [2.24, 2.45) is 0 Å². The molecule has 1 aliphatic rings. The van der Waals surface area contributed by atoms with Gasteiger partial charge in [-0.15, -0.1) is 0 Å². The summed E-state index contributed by atoms with van der Waals surface area (Å²) in [4.78, 5) is 11.0. The second kappa shape index (κ2) is 6.72. The third-order valence-corrected chi connectivity index (χ3v) is 4.24. The Hall–Kier alpha value is -1.85. The van der Waals surface area contributed by atoms with E-state index < -0.39 is 0 Å². The smallest absolute Gasteiger partial charge is 0.213 e. The van der Waals surface area contributed by atoms with Crippen molar-refractivity contribution in [3.05, 3.63) is 35.1 Å². The molecule has 122 valence electrons. The van der Waals surface area contributed by atoms with E-state index in [4.69, 9.17) is 21.1 Å². The van der Waals surface area contributed by atoms with Crippen LogP contribution in [0.25, 0.3) is 11.1 Å². The standard InChI is InChI=1S/C17H20ClN3O2/c1-11-6-17(22-3)19-9-14(11)13-7-15(18)20-16(8-13)21-4-5-23-10-12(21)2/h6-9,12H,4-5,10H2,1-3H3/t12-/m1/s1. The van der Waals surface area contributed by atoms with Crippen molar-refractivity contribution < 1.29 is 9.47 Å². The largest absolute Gasteiger partial charge is 0.481 e. The fraction of sp³-hybridized carbons (Fsp3) is 0.412. The van der Waals surface area contributed by atoms with Crippen LogP contribution in [0.2, 0.25) is 5.15 Å². The maximum Gasteiger partial charge on any atom is 0.213 e. The number of pyridine rings is 2. The third-order valence-electron chi connectivity index (χ3n) is 4.05. The maximum absolute atomic E-state index is 6.26. The number of ether oxygens (including phenoxy) is 2. The number of aryl methyl sites for hydroxylation is 1. The lowest BCUT2D eigenvalue weighted by atomic mass is 10.0. The van der Waals surface area contributed by atoms with Gasteiger partial charge in [-0.25, -0.2) is 9.97 Å². The number of morpholine rings is 1. The third kappa shape index (κ3) is 3.41. The average molecular weight is 334 g/mol. The van der Waals surface area contributed by atoms with Gasteiger partial charge in [0.2, 0.25) is 5.88 Å². The van der Waals surface area contributed by atoms with Crippen molar-refractivity contribution >= 4 is 17.4 Å². The number of methoxy groups -OCH3 is 1. The number of hydrogen-bond acceptors (Lipinski definition) is 5. The van der Waals surface area contributed by atoms with Gasteiger partial charge in [0.25, 0.3) is 0 Å². The Kier molecular flexibility index (Phi) is 4.68. The summed E-state index contributed by atoms with van der Waals surface area (Å²) < 4.78 is 10.7. The Morgan fingerprint density at radius 2 is 2.17 bits per heavy atom. The molecule has 1 fully saturated rings. The van der Waals surface area contributed by atoms with Crippen molar-refractivity contribution in [1.29, 1.82) is 0 Å². The summed E-state index contributed by atoms with van der Waals surface area (Å²) in [6.07, 6.45) is 1.81. The molecule has 0 amide bonds. The molecule has 0 aromatic carbocycles. The minimum atomic E-state index is 0.276. The molecular formula is C17H20ClN3O2. The highest BCUT2D eigenvalue weighted by molar-refractivity contribution is 6.29. The lowest BCUT2D eigenvalue weighted by molar-refractivity contribution is 0.0985. The van der Waals surface area contributed by atoms with Crippen LogP contribution in [0.1, 0.15) is 12.5 Å². The Morgan fingerprint density at radius 3 is 2.87 bits per heavy atom.